The van der Waals surface area contributed by atoms with Gasteiger partial charge in [-0.25, -0.2) is 0 Å². The Morgan fingerprint density at radius 2 is 1.75 bits per heavy atom. The van der Waals surface area contributed by atoms with Crippen molar-refractivity contribution in [2.75, 3.05) is 5.32 Å². The van der Waals surface area contributed by atoms with Crippen molar-refractivity contribution in [3.05, 3.63) is 65.7 Å². The Bertz CT molecular complexity index is 808. The van der Waals surface area contributed by atoms with Crippen molar-refractivity contribution >= 4 is 11.9 Å². The summed E-state index contributed by atoms with van der Waals surface area (Å²) in [5.74, 6) is 0.668. The summed E-state index contributed by atoms with van der Waals surface area (Å²) in [5, 5.41) is 10.5. The van der Waals surface area contributed by atoms with Crippen LogP contribution in [-0.4, -0.2) is 16.1 Å². The number of amides is 1. The monoisotopic (exact) mass is 321 g/mol. The molecule has 5 nitrogen and oxygen atoms in total. The van der Waals surface area contributed by atoms with Crippen LogP contribution in [0.3, 0.4) is 0 Å². The first-order chi connectivity index (χ1) is 11.6. The van der Waals surface area contributed by atoms with Crippen molar-refractivity contribution in [3.63, 3.8) is 0 Å². The zero-order chi connectivity index (χ0) is 16.9. The van der Waals surface area contributed by atoms with E-state index >= 15 is 0 Å². The van der Waals surface area contributed by atoms with Crippen LogP contribution < -0.4 is 5.32 Å². The molecule has 24 heavy (non-hydrogen) atoms. The van der Waals surface area contributed by atoms with Crippen LogP contribution >= 0.6 is 0 Å². The lowest BCUT2D eigenvalue weighted by Gasteiger charge is -2.04. The number of carbonyl (C=O) groups is 1. The van der Waals surface area contributed by atoms with E-state index in [-0.39, 0.29) is 18.3 Å². The molecular weight excluding hydrogens is 302 g/mol. The second-order valence-corrected chi connectivity index (χ2v) is 5.90. The van der Waals surface area contributed by atoms with Gasteiger partial charge in [0.1, 0.15) is 0 Å². The number of carbonyl (C=O) groups excluding carboxylic acids is 1. The molecule has 0 atom stereocenters. The van der Waals surface area contributed by atoms with E-state index in [0.717, 1.165) is 11.1 Å². The van der Waals surface area contributed by atoms with Crippen LogP contribution in [0, 0.1) is 0 Å². The molecule has 0 fully saturated rings. The summed E-state index contributed by atoms with van der Waals surface area (Å²) in [7, 11) is 0. The molecule has 0 spiro atoms. The maximum atomic E-state index is 12.0. The zero-order valence-electron chi connectivity index (χ0n) is 13.7. The Balaban J connectivity index is 1.66. The minimum Gasteiger partial charge on any atom is -0.403 e. The fourth-order valence-corrected chi connectivity index (χ4v) is 2.35. The number of hydrogen-bond donors (Lipinski definition) is 1. The van der Waals surface area contributed by atoms with Gasteiger partial charge < -0.3 is 4.42 Å². The van der Waals surface area contributed by atoms with Crippen LogP contribution in [0.25, 0.3) is 11.5 Å². The molecule has 1 amide bonds. The molecule has 0 saturated carbocycles. The van der Waals surface area contributed by atoms with E-state index in [2.05, 4.69) is 29.4 Å². The summed E-state index contributed by atoms with van der Waals surface area (Å²) in [6, 6.07) is 17.6. The number of hydrogen-bond acceptors (Lipinski definition) is 4. The van der Waals surface area contributed by atoms with Crippen molar-refractivity contribution < 1.29 is 9.21 Å². The maximum Gasteiger partial charge on any atom is 0.322 e. The zero-order valence-corrected chi connectivity index (χ0v) is 13.7. The number of nitrogens with zero attached hydrogens (tertiary/aromatic N) is 2. The van der Waals surface area contributed by atoms with Crippen molar-refractivity contribution in [3.8, 4) is 11.5 Å². The third-order valence-corrected chi connectivity index (χ3v) is 3.70. The minimum absolute atomic E-state index is 0.110. The molecule has 0 aliphatic carbocycles. The van der Waals surface area contributed by atoms with Crippen molar-refractivity contribution in [2.45, 2.75) is 26.2 Å². The van der Waals surface area contributed by atoms with Crippen LogP contribution in [0.2, 0.25) is 0 Å². The van der Waals surface area contributed by atoms with E-state index in [0.29, 0.717) is 11.8 Å². The van der Waals surface area contributed by atoms with Gasteiger partial charge in [0.05, 0.1) is 6.42 Å². The normalized spacial score (nSPS) is 10.8. The van der Waals surface area contributed by atoms with Gasteiger partial charge in [0.2, 0.25) is 11.8 Å². The quantitative estimate of drug-likeness (QED) is 0.770. The molecule has 3 aromatic rings. The number of nitrogens with one attached hydrogen (secondary N) is 1. The Kier molecular flexibility index (Phi) is 4.70. The molecule has 5 heteroatoms. The smallest absolute Gasteiger partial charge is 0.322 e. The predicted molar refractivity (Wildman–Crippen MR) is 92.6 cm³/mol. The standard InChI is InChI=1S/C19H19N3O2/c1-13(2)15-8-10-16(11-9-15)18-21-22-19(24-18)20-17(23)12-14-6-4-3-5-7-14/h3-11,13H,12H2,1-2H3,(H,20,22,23). The molecular formula is C19H19N3O2. The van der Waals surface area contributed by atoms with E-state index in [1.54, 1.807) is 0 Å². The third-order valence-electron chi connectivity index (χ3n) is 3.70. The average molecular weight is 321 g/mol. The minimum atomic E-state index is -0.188. The van der Waals surface area contributed by atoms with E-state index in [1.807, 2.05) is 54.6 Å². The lowest BCUT2D eigenvalue weighted by Crippen LogP contribution is -2.14. The molecule has 0 bridgehead atoms. The van der Waals surface area contributed by atoms with Crippen molar-refractivity contribution in [2.24, 2.45) is 0 Å². The number of anilines is 1. The van der Waals surface area contributed by atoms with Gasteiger partial charge >= 0.3 is 6.01 Å². The van der Waals surface area contributed by atoms with Crippen LogP contribution in [-0.2, 0) is 11.2 Å². The SMILES string of the molecule is CC(C)c1ccc(-c2nnc(NC(=O)Cc3ccccc3)o2)cc1. The van der Waals surface area contributed by atoms with Crippen LogP contribution in [0.4, 0.5) is 6.01 Å². The highest BCUT2D eigenvalue weighted by molar-refractivity contribution is 5.90. The molecule has 1 N–H and O–H groups in total. The first-order valence-corrected chi connectivity index (χ1v) is 7.89. The molecule has 0 unspecified atom stereocenters. The Morgan fingerprint density at radius 1 is 1.04 bits per heavy atom. The topological polar surface area (TPSA) is 68.0 Å². The lowest BCUT2D eigenvalue weighted by molar-refractivity contribution is -0.115. The van der Waals surface area contributed by atoms with Gasteiger partial charge in [-0.15, -0.1) is 5.10 Å². The third kappa shape index (κ3) is 3.87. The molecule has 0 radical (unpaired) electrons. The number of benzene rings is 2. The first-order valence-electron chi connectivity index (χ1n) is 7.89. The summed E-state index contributed by atoms with van der Waals surface area (Å²) in [4.78, 5) is 12.0. The summed E-state index contributed by atoms with van der Waals surface area (Å²) < 4.78 is 5.52. The molecule has 1 heterocycles. The Labute approximate surface area is 140 Å². The van der Waals surface area contributed by atoms with Crippen LogP contribution in [0.15, 0.2) is 59.0 Å². The van der Waals surface area contributed by atoms with E-state index in [9.17, 15) is 4.79 Å². The molecule has 0 aliphatic rings. The van der Waals surface area contributed by atoms with Gasteiger partial charge in [0, 0.05) is 5.56 Å². The number of rotatable bonds is 5. The fraction of sp³-hybridized carbons (Fsp3) is 0.211. The summed E-state index contributed by atoms with van der Waals surface area (Å²) in [6.45, 7) is 4.28. The second-order valence-electron chi connectivity index (χ2n) is 5.90. The van der Waals surface area contributed by atoms with E-state index in [1.165, 1.54) is 5.56 Å². The summed E-state index contributed by atoms with van der Waals surface area (Å²) >= 11 is 0. The highest BCUT2D eigenvalue weighted by atomic mass is 16.4. The molecule has 0 aliphatic heterocycles. The average Bonchev–Trinajstić information content (AvgIpc) is 3.04. The molecule has 2 aromatic carbocycles. The van der Waals surface area contributed by atoms with Crippen LogP contribution in [0.5, 0.6) is 0 Å². The molecule has 122 valence electrons. The van der Waals surface area contributed by atoms with Gasteiger partial charge in [-0.05, 0) is 29.2 Å². The van der Waals surface area contributed by atoms with Gasteiger partial charge in [-0.1, -0.05) is 61.4 Å². The van der Waals surface area contributed by atoms with Gasteiger partial charge in [-0.3, -0.25) is 10.1 Å². The predicted octanol–water partition coefficient (Wildman–Crippen LogP) is 4.04. The van der Waals surface area contributed by atoms with Gasteiger partial charge in [0.25, 0.3) is 0 Å². The Hall–Kier alpha value is -2.95. The highest BCUT2D eigenvalue weighted by Gasteiger charge is 2.12. The summed E-state index contributed by atoms with van der Waals surface area (Å²) in [5.41, 5.74) is 3.00. The fourth-order valence-electron chi connectivity index (χ4n) is 2.35. The lowest BCUT2D eigenvalue weighted by atomic mass is 10.0. The molecule has 1 aromatic heterocycles. The first kappa shape index (κ1) is 15.9. The van der Waals surface area contributed by atoms with Gasteiger partial charge in [-0.2, -0.15) is 0 Å². The van der Waals surface area contributed by atoms with Crippen molar-refractivity contribution in [1.29, 1.82) is 0 Å². The van der Waals surface area contributed by atoms with Crippen LogP contribution in [0.1, 0.15) is 30.9 Å². The Morgan fingerprint density at radius 3 is 2.42 bits per heavy atom. The number of aromatic nitrogens is 2. The second kappa shape index (κ2) is 7.08. The van der Waals surface area contributed by atoms with Crippen molar-refractivity contribution in [1.82, 2.24) is 10.2 Å². The largest absolute Gasteiger partial charge is 0.403 e. The maximum absolute atomic E-state index is 12.0. The van der Waals surface area contributed by atoms with Gasteiger partial charge in [0.15, 0.2) is 0 Å². The molecule has 3 rings (SSSR count). The van der Waals surface area contributed by atoms with E-state index < -0.39 is 0 Å². The van der Waals surface area contributed by atoms with E-state index in [4.69, 9.17) is 4.42 Å². The summed E-state index contributed by atoms with van der Waals surface area (Å²) in [6.07, 6.45) is 0.266. The highest BCUT2D eigenvalue weighted by Crippen LogP contribution is 2.22. The molecule has 0 saturated heterocycles.